The maximum atomic E-state index is 5.94. The third kappa shape index (κ3) is 5.09. The van der Waals surface area contributed by atoms with Crippen LogP contribution in [0, 0.1) is 11.8 Å². The zero-order valence-corrected chi connectivity index (χ0v) is 18.5. The first-order valence-electron chi connectivity index (χ1n) is 10.5. The first-order valence-corrected chi connectivity index (χ1v) is 10.5. The van der Waals surface area contributed by atoms with Gasteiger partial charge < -0.3 is 9.47 Å². The van der Waals surface area contributed by atoms with Crippen LogP contribution in [-0.2, 0) is 11.1 Å². The maximum absolute atomic E-state index is 5.94. The Labute approximate surface area is 169 Å². The van der Waals surface area contributed by atoms with Gasteiger partial charge in [0.15, 0.2) is 0 Å². The van der Waals surface area contributed by atoms with Crippen molar-refractivity contribution in [3.8, 4) is 11.8 Å². The van der Waals surface area contributed by atoms with E-state index in [0.29, 0.717) is 17.7 Å². The maximum Gasteiger partial charge on any atom is 0.232 e. The van der Waals surface area contributed by atoms with E-state index in [4.69, 9.17) is 9.47 Å². The Morgan fingerprint density at radius 1 is 1.04 bits per heavy atom. The molecule has 6 nitrogen and oxygen atoms in total. The minimum Gasteiger partial charge on any atom is -0.476 e. The number of nitrogens with zero attached hydrogens (tertiary/aromatic N) is 4. The van der Waals surface area contributed by atoms with Crippen molar-refractivity contribution in [2.75, 3.05) is 6.61 Å². The fourth-order valence-electron chi connectivity index (χ4n) is 3.45. The molecule has 0 aromatic carbocycles. The second kappa shape index (κ2) is 7.80. The molecule has 1 saturated carbocycles. The van der Waals surface area contributed by atoms with E-state index in [2.05, 4.69) is 58.7 Å². The van der Waals surface area contributed by atoms with Crippen LogP contribution in [0.5, 0.6) is 11.8 Å². The highest BCUT2D eigenvalue weighted by molar-refractivity contribution is 5.09. The molecule has 0 saturated heterocycles. The molecule has 156 valence electrons. The van der Waals surface area contributed by atoms with Gasteiger partial charge >= 0.3 is 0 Å². The molecule has 1 fully saturated rings. The first-order chi connectivity index (χ1) is 13.1. The summed E-state index contributed by atoms with van der Waals surface area (Å²) in [5.74, 6) is 2.71. The average molecular weight is 389 g/mol. The highest BCUT2D eigenvalue weighted by Crippen LogP contribution is 2.45. The van der Waals surface area contributed by atoms with E-state index in [9.17, 15) is 0 Å². The van der Waals surface area contributed by atoms with E-state index in [1.165, 1.54) is 6.42 Å². The van der Waals surface area contributed by atoms with E-state index >= 15 is 0 Å². The van der Waals surface area contributed by atoms with Gasteiger partial charge in [-0.3, -0.25) is 9.36 Å². The van der Waals surface area contributed by atoms with Crippen LogP contribution in [0.3, 0.4) is 0 Å². The molecule has 0 N–H and O–H groups in total. The minimum absolute atomic E-state index is 0.0188. The summed E-state index contributed by atoms with van der Waals surface area (Å²) in [5, 5.41) is 9.17. The number of hydrogen-bond acceptors (Lipinski definition) is 4. The molecule has 6 heteroatoms. The van der Waals surface area contributed by atoms with Crippen molar-refractivity contribution in [1.29, 1.82) is 0 Å². The van der Waals surface area contributed by atoms with Crippen molar-refractivity contribution in [1.82, 2.24) is 19.6 Å². The molecule has 0 spiro atoms. The van der Waals surface area contributed by atoms with E-state index < -0.39 is 0 Å². The third-order valence-electron chi connectivity index (χ3n) is 5.61. The van der Waals surface area contributed by atoms with Gasteiger partial charge in [0.2, 0.25) is 11.8 Å². The second-order valence-electron chi connectivity index (χ2n) is 9.79. The summed E-state index contributed by atoms with van der Waals surface area (Å²) >= 11 is 0. The van der Waals surface area contributed by atoms with Crippen LogP contribution in [0.1, 0.15) is 67.7 Å². The lowest BCUT2D eigenvalue weighted by Gasteiger charge is -2.25. The fraction of sp³-hybridized carbons (Fsp3) is 0.727. The molecule has 0 bridgehead atoms. The second-order valence-corrected chi connectivity index (χ2v) is 9.79. The Hall–Kier alpha value is -1.98. The van der Waals surface area contributed by atoms with Gasteiger partial charge in [-0.2, -0.15) is 0 Å². The Bertz CT molecular complexity index is 772. The van der Waals surface area contributed by atoms with Crippen LogP contribution in [0.4, 0.5) is 0 Å². The zero-order chi connectivity index (χ0) is 20.5. The van der Waals surface area contributed by atoms with Gasteiger partial charge in [-0.05, 0) is 72.6 Å². The summed E-state index contributed by atoms with van der Waals surface area (Å²) in [4.78, 5) is 0. The van der Waals surface area contributed by atoms with Gasteiger partial charge in [-0.15, -0.1) is 10.2 Å². The molecule has 3 atom stereocenters. The van der Waals surface area contributed by atoms with E-state index in [1.807, 2.05) is 33.9 Å². The number of ether oxygens (including phenoxy) is 2. The minimum atomic E-state index is -0.0374. The number of hydrogen-bond donors (Lipinski definition) is 0. The Kier molecular flexibility index (Phi) is 5.78. The average Bonchev–Trinajstić information content (AvgIpc) is 3.03. The molecular formula is C22H36N4O2. The first kappa shape index (κ1) is 20.7. The topological polar surface area (TPSA) is 54.1 Å². The standard InChI is InChI=1S/C22H36N4O2/c1-8-16(2)28-20-10-12-26(24-20)22(6,7)14-17-13-18(17)15-27-19-9-11-25(23-19)21(3,4)5/h9-12,16-18H,8,13-15H2,1-7H3/t16-,17?,18?/m1/s1. The van der Waals surface area contributed by atoms with E-state index in [1.54, 1.807) is 0 Å². The number of aromatic nitrogens is 4. The summed E-state index contributed by atoms with van der Waals surface area (Å²) in [6.45, 7) is 15.8. The van der Waals surface area contributed by atoms with Gasteiger partial charge in [0.25, 0.3) is 0 Å². The predicted octanol–water partition coefficient (Wildman–Crippen LogP) is 4.85. The molecule has 28 heavy (non-hydrogen) atoms. The molecule has 0 radical (unpaired) electrons. The smallest absolute Gasteiger partial charge is 0.232 e. The van der Waals surface area contributed by atoms with E-state index in [-0.39, 0.29) is 17.2 Å². The number of rotatable bonds is 9. The molecule has 1 aliphatic carbocycles. The molecule has 2 aromatic heterocycles. The van der Waals surface area contributed by atoms with Gasteiger partial charge in [0.1, 0.15) is 0 Å². The summed E-state index contributed by atoms with van der Waals surface area (Å²) in [6, 6.07) is 3.92. The molecule has 0 amide bonds. The van der Waals surface area contributed by atoms with Crippen molar-refractivity contribution >= 4 is 0 Å². The van der Waals surface area contributed by atoms with Gasteiger partial charge in [0, 0.05) is 24.5 Å². The largest absolute Gasteiger partial charge is 0.476 e. The van der Waals surface area contributed by atoms with Gasteiger partial charge in [-0.1, -0.05) is 6.92 Å². The molecule has 2 unspecified atom stereocenters. The van der Waals surface area contributed by atoms with Crippen molar-refractivity contribution in [3.05, 3.63) is 24.5 Å². The normalized spacial score (nSPS) is 20.8. The lowest BCUT2D eigenvalue weighted by atomic mass is 9.97. The third-order valence-corrected chi connectivity index (χ3v) is 5.61. The summed E-state index contributed by atoms with van der Waals surface area (Å²) < 4.78 is 15.8. The SMILES string of the molecule is CC[C@@H](C)Oc1ccn(C(C)(C)CC2CC2COc2ccn(C(C)(C)C)n2)n1. The monoisotopic (exact) mass is 388 g/mol. The van der Waals surface area contributed by atoms with Gasteiger partial charge in [0.05, 0.1) is 23.8 Å². The van der Waals surface area contributed by atoms with Crippen molar-refractivity contribution < 1.29 is 9.47 Å². The molecule has 2 heterocycles. The fourth-order valence-corrected chi connectivity index (χ4v) is 3.45. The molecule has 1 aliphatic rings. The summed E-state index contributed by atoms with van der Waals surface area (Å²) in [6.07, 6.45) is 7.49. The lowest BCUT2D eigenvalue weighted by Crippen LogP contribution is -2.28. The van der Waals surface area contributed by atoms with E-state index in [0.717, 1.165) is 25.3 Å². The Balaban J connectivity index is 1.48. The highest BCUT2D eigenvalue weighted by Gasteiger charge is 2.42. The predicted molar refractivity (Wildman–Crippen MR) is 111 cm³/mol. The highest BCUT2D eigenvalue weighted by atomic mass is 16.5. The van der Waals surface area contributed by atoms with Gasteiger partial charge in [-0.25, -0.2) is 0 Å². The van der Waals surface area contributed by atoms with Crippen LogP contribution in [0.2, 0.25) is 0 Å². The van der Waals surface area contributed by atoms with Crippen molar-refractivity contribution in [2.24, 2.45) is 11.8 Å². The Morgan fingerprint density at radius 2 is 1.68 bits per heavy atom. The summed E-state index contributed by atoms with van der Waals surface area (Å²) in [7, 11) is 0. The van der Waals surface area contributed by atoms with Crippen LogP contribution in [0.15, 0.2) is 24.5 Å². The molecule has 3 rings (SSSR count). The van der Waals surface area contributed by atoms with Crippen LogP contribution in [-0.4, -0.2) is 32.3 Å². The van der Waals surface area contributed by atoms with Crippen LogP contribution >= 0.6 is 0 Å². The zero-order valence-electron chi connectivity index (χ0n) is 18.5. The van der Waals surface area contributed by atoms with Crippen LogP contribution < -0.4 is 9.47 Å². The van der Waals surface area contributed by atoms with Crippen molar-refractivity contribution in [3.63, 3.8) is 0 Å². The molecule has 0 aliphatic heterocycles. The lowest BCUT2D eigenvalue weighted by molar-refractivity contribution is 0.196. The summed E-state index contributed by atoms with van der Waals surface area (Å²) in [5.41, 5.74) is -0.0563. The Morgan fingerprint density at radius 3 is 2.32 bits per heavy atom. The molecule has 2 aromatic rings. The molecular weight excluding hydrogens is 352 g/mol. The quantitative estimate of drug-likeness (QED) is 0.616. The van der Waals surface area contributed by atoms with Crippen molar-refractivity contribution in [2.45, 2.75) is 84.9 Å². The van der Waals surface area contributed by atoms with Crippen LogP contribution in [0.25, 0.3) is 0 Å².